The quantitative estimate of drug-likeness (QED) is 0.697. The Morgan fingerprint density at radius 2 is 1.53 bits per heavy atom. The highest BCUT2D eigenvalue weighted by molar-refractivity contribution is 5.06. The molecule has 0 aromatic rings. The third-order valence-electron chi connectivity index (χ3n) is 5.07. The van der Waals surface area contributed by atoms with Gasteiger partial charge in [0.05, 0.1) is 0 Å². The summed E-state index contributed by atoms with van der Waals surface area (Å²) in [6.07, 6.45) is 11.9. The van der Waals surface area contributed by atoms with E-state index in [4.69, 9.17) is 0 Å². The maximum Gasteiger partial charge on any atom is 0.0189 e. The molecule has 0 aliphatic heterocycles. The number of unbranched alkanes of at least 4 members (excludes halogenated alkanes) is 1. The normalized spacial score (nSPS) is 47.4. The average molecular weight is 207 g/mol. The van der Waals surface area contributed by atoms with E-state index in [1.807, 2.05) is 0 Å². The number of nitrogens with one attached hydrogen (secondary N) is 1. The van der Waals surface area contributed by atoms with Crippen LogP contribution >= 0.6 is 0 Å². The van der Waals surface area contributed by atoms with Crippen LogP contribution in [0.4, 0.5) is 0 Å². The molecule has 0 aromatic carbocycles. The van der Waals surface area contributed by atoms with Gasteiger partial charge < -0.3 is 5.32 Å². The second-order valence-electron chi connectivity index (χ2n) is 6.48. The van der Waals surface area contributed by atoms with Crippen molar-refractivity contribution in [2.45, 2.75) is 63.8 Å². The fourth-order valence-electron chi connectivity index (χ4n) is 4.86. The summed E-state index contributed by atoms with van der Waals surface area (Å²) < 4.78 is 0. The molecule has 4 bridgehead atoms. The highest BCUT2D eigenvalue weighted by Gasteiger charge is 2.50. The van der Waals surface area contributed by atoms with E-state index in [2.05, 4.69) is 12.2 Å². The molecule has 86 valence electrons. The van der Waals surface area contributed by atoms with Crippen molar-refractivity contribution in [2.24, 2.45) is 17.8 Å². The van der Waals surface area contributed by atoms with Crippen LogP contribution in [0.5, 0.6) is 0 Å². The lowest BCUT2D eigenvalue weighted by molar-refractivity contribution is -0.0195. The summed E-state index contributed by atoms with van der Waals surface area (Å²) >= 11 is 0. The topological polar surface area (TPSA) is 12.0 Å². The highest BCUT2D eigenvalue weighted by Crippen LogP contribution is 2.55. The van der Waals surface area contributed by atoms with Gasteiger partial charge in [-0.05, 0) is 69.2 Å². The maximum atomic E-state index is 3.93. The first-order valence-corrected chi connectivity index (χ1v) is 7.05. The third-order valence-corrected chi connectivity index (χ3v) is 5.07. The first kappa shape index (κ1) is 10.1. The minimum Gasteiger partial charge on any atom is -0.311 e. The number of rotatable bonds is 4. The maximum absolute atomic E-state index is 3.93. The average Bonchev–Trinajstić information content (AvgIpc) is 2.15. The van der Waals surface area contributed by atoms with Gasteiger partial charge in [-0.1, -0.05) is 13.3 Å². The molecule has 0 unspecified atom stereocenters. The Kier molecular flexibility index (Phi) is 2.54. The van der Waals surface area contributed by atoms with E-state index in [9.17, 15) is 0 Å². The van der Waals surface area contributed by atoms with Crippen molar-refractivity contribution < 1.29 is 0 Å². The Hall–Kier alpha value is -0.0400. The van der Waals surface area contributed by atoms with Gasteiger partial charge in [0.1, 0.15) is 0 Å². The molecule has 1 nitrogen and oxygen atoms in total. The van der Waals surface area contributed by atoms with Gasteiger partial charge in [0.15, 0.2) is 0 Å². The van der Waals surface area contributed by atoms with Gasteiger partial charge >= 0.3 is 0 Å². The lowest BCUT2D eigenvalue weighted by Crippen LogP contribution is -2.58. The molecule has 0 radical (unpaired) electrons. The summed E-state index contributed by atoms with van der Waals surface area (Å²) in [5.41, 5.74) is 0.601. The van der Waals surface area contributed by atoms with Crippen molar-refractivity contribution in [3.8, 4) is 0 Å². The Bertz CT molecular complexity index is 198. The Morgan fingerprint density at radius 1 is 1.00 bits per heavy atom. The molecule has 4 rings (SSSR count). The van der Waals surface area contributed by atoms with Crippen LogP contribution < -0.4 is 5.32 Å². The summed E-state index contributed by atoms with van der Waals surface area (Å²) in [7, 11) is 0. The second kappa shape index (κ2) is 3.76. The highest BCUT2D eigenvalue weighted by atomic mass is 15.0. The summed E-state index contributed by atoms with van der Waals surface area (Å²) in [5.74, 6) is 3.26. The smallest absolute Gasteiger partial charge is 0.0189 e. The standard InChI is InChI=1S/C14H25N/c1-2-3-4-15-14-8-11-5-12(9-14)7-13(6-11)10-14/h11-13,15H,2-10H2,1H3. The molecule has 1 N–H and O–H groups in total. The lowest BCUT2D eigenvalue weighted by Gasteiger charge is -2.57. The lowest BCUT2D eigenvalue weighted by atomic mass is 9.53. The van der Waals surface area contributed by atoms with Crippen LogP contribution in [-0.4, -0.2) is 12.1 Å². The van der Waals surface area contributed by atoms with Gasteiger partial charge in [-0.2, -0.15) is 0 Å². The van der Waals surface area contributed by atoms with E-state index < -0.39 is 0 Å². The van der Waals surface area contributed by atoms with Gasteiger partial charge in [0, 0.05) is 5.54 Å². The molecule has 15 heavy (non-hydrogen) atoms. The molecule has 0 aromatic heterocycles. The van der Waals surface area contributed by atoms with Gasteiger partial charge in [0.2, 0.25) is 0 Å². The van der Waals surface area contributed by atoms with Crippen LogP contribution in [0.25, 0.3) is 0 Å². The minimum atomic E-state index is 0.601. The molecule has 0 saturated heterocycles. The van der Waals surface area contributed by atoms with E-state index >= 15 is 0 Å². The summed E-state index contributed by atoms with van der Waals surface area (Å²) in [6.45, 7) is 3.56. The van der Waals surface area contributed by atoms with Crippen LogP contribution in [0.3, 0.4) is 0 Å². The van der Waals surface area contributed by atoms with Crippen molar-refractivity contribution in [1.82, 2.24) is 5.32 Å². The van der Waals surface area contributed by atoms with Crippen molar-refractivity contribution in [3.05, 3.63) is 0 Å². The molecule has 4 aliphatic rings. The Balaban J connectivity index is 1.65. The Morgan fingerprint density at radius 3 is 2.00 bits per heavy atom. The van der Waals surface area contributed by atoms with Crippen molar-refractivity contribution >= 4 is 0 Å². The molecule has 0 amide bonds. The van der Waals surface area contributed by atoms with Crippen molar-refractivity contribution in [2.75, 3.05) is 6.54 Å². The number of hydrogen-bond donors (Lipinski definition) is 1. The summed E-state index contributed by atoms with van der Waals surface area (Å²) in [5, 5.41) is 3.93. The largest absolute Gasteiger partial charge is 0.311 e. The Labute approximate surface area is 94.0 Å². The van der Waals surface area contributed by atoms with Crippen LogP contribution in [0, 0.1) is 17.8 Å². The zero-order chi connectivity index (χ0) is 10.3. The van der Waals surface area contributed by atoms with E-state index in [0.717, 1.165) is 17.8 Å². The van der Waals surface area contributed by atoms with Crippen LogP contribution in [0.1, 0.15) is 58.3 Å². The predicted molar refractivity (Wildman–Crippen MR) is 63.8 cm³/mol. The van der Waals surface area contributed by atoms with Crippen LogP contribution in [-0.2, 0) is 0 Å². The summed E-state index contributed by atoms with van der Waals surface area (Å²) in [4.78, 5) is 0. The summed E-state index contributed by atoms with van der Waals surface area (Å²) in [6, 6.07) is 0. The van der Waals surface area contributed by atoms with E-state index in [0.29, 0.717) is 5.54 Å². The molecule has 4 saturated carbocycles. The van der Waals surface area contributed by atoms with E-state index in [1.165, 1.54) is 38.6 Å². The van der Waals surface area contributed by atoms with Gasteiger partial charge in [-0.3, -0.25) is 0 Å². The van der Waals surface area contributed by atoms with Gasteiger partial charge in [-0.15, -0.1) is 0 Å². The molecule has 0 spiro atoms. The monoisotopic (exact) mass is 207 g/mol. The predicted octanol–water partition coefficient (Wildman–Crippen LogP) is 3.34. The van der Waals surface area contributed by atoms with Crippen LogP contribution in [0.2, 0.25) is 0 Å². The van der Waals surface area contributed by atoms with Gasteiger partial charge in [0.25, 0.3) is 0 Å². The van der Waals surface area contributed by atoms with E-state index in [1.54, 1.807) is 19.3 Å². The molecule has 0 atom stereocenters. The molecule has 4 fully saturated rings. The molecule has 0 heterocycles. The first-order valence-electron chi connectivity index (χ1n) is 7.05. The van der Waals surface area contributed by atoms with Crippen LogP contribution in [0.15, 0.2) is 0 Å². The SMILES string of the molecule is CCCCNC12CC3CC(CC(C3)C1)C2. The molecule has 1 heteroatoms. The number of hydrogen-bond acceptors (Lipinski definition) is 1. The van der Waals surface area contributed by atoms with Crippen molar-refractivity contribution in [1.29, 1.82) is 0 Å². The molecule has 4 aliphatic carbocycles. The fourth-order valence-corrected chi connectivity index (χ4v) is 4.86. The zero-order valence-electron chi connectivity index (χ0n) is 10.1. The molecular formula is C14H25N. The van der Waals surface area contributed by atoms with Gasteiger partial charge in [-0.25, -0.2) is 0 Å². The minimum absolute atomic E-state index is 0.601. The first-order chi connectivity index (χ1) is 7.30. The van der Waals surface area contributed by atoms with Crippen molar-refractivity contribution in [3.63, 3.8) is 0 Å². The van der Waals surface area contributed by atoms with E-state index in [-0.39, 0.29) is 0 Å². The fraction of sp³-hybridized carbons (Fsp3) is 1.00. The molecular weight excluding hydrogens is 182 g/mol. The zero-order valence-corrected chi connectivity index (χ0v) is 10.1. The second-order valence-corrected chi connectivity index (χ2v) is 6.48. The third kappa shape index (κ3) is 1.84.